The summed E-state index contributed by atoms with van der Waals surface area (Å²) in [5, 5.41) is 12.5. The maximum atomic E-state index is 12.3. The molecule has 1 saturated heterocycles. The summed E-state index contributed by atoms with van der Waals surface area (Å²) in [6.07, 6.45) is 2.75. The van der Waals surface area contributed by atoms with Crippen molar-refractivity contribution in [2.24, 2.45) is 0 Å². The molecule has 0 spiro atoms. The molecule has 2 atom stereocenters. The first-order chi connectivity index (χ1) is 8.74. The highest BCUT2D eigenvalue weighted by molar-refractivity contribution is 5.82. The molecule has 2 aliphatic rings. The molecule has 0 saturated carbocycles. The third kappa shape index (κ3) is 2.11. The summed E-state index contributed by atoms with van der Waals surface area (Å²) in [5.41, 5.74) is 2.23. The SMILES string of the molecule is O=C(C1CC(O)CN1)N1CCc2ncccc2C1. The fourth-order valence-electron chi connectivity index (χ4n) is 2.68. The Labute approximate surface area is 106 Å². The number of amides is 1. The Morgan fingerprint density at radius 3 is 3.22 bits per heavy atom. The van der Waals surface area contributed by atoms with E-state index in [9.17, 15) is 9.90 Å². The van der Waals surface area contributed by atoms with Crippen molar-refractivity contribution in [3.63, 3.8) is 0 Å². The summed E-state index contributed by atoms with van der Waals surface area (Å²) in [5.74, 6) is 0.0982. The molecule has 96 valence electrons. The molecule has 0 radical (unpaired) electrons. The second-order valence-corrected chi connectivity index (χ2v) is 4.97. The van der Waals surface area contributed by atoms with Crippen LogP contribution in [-0.2, 0) is 17.8 Å². The van der Waals surface area contributed by atoms with Crippen molar-refractivity contribution >= 4 is 5.91 Å². The minimum Gasteiger partial charge on any atom is -0.392 e. The number of β-amino-alcohol motifs (C(OH)–C–C–N with tert-alkyl or cyclic N) is 1. The minimum absolute atomic E-state index is 0.0982. The molecule has 1 amide bonds. The number of rotatable bonds is 1. The van der Waals surface area contributed by atoms with Crippen molar-refractivity contribution in [2.75, 3.05) is 13.1 Å². The summed E-state index contributed by atoms with van der Waals surface area (Å²) in [4.78, 5) is 18.5. The molecule has 2 aliphatic heterocycles. The van der Waals surface area contributed by atoms with E-state index in [-0.39, 0.29) is 11.9 Å². The van der Waals surface area contributed by atoms with E-state index >= 15 is 0 Å². The van der Waals surface area contributed by atoms with Crippen molar-refractivity contribution in [1.82, 2.24) is 15.2 Å². The lowest BCUT2D eigenvalue weighted by molar-refractivity contribution is -0.134. The van der Waals surface area contributed by atoms with E-state index in [2.05, 4.69) is 10.3 Å². The second kappa shape index (κ2) is 4.66. The Morgan fingerprint density at radius 1 is 1.56 bits per heavy atom. The maximum absolute atomic E-state index is 12.3. The van der Waals surface area contributed by atoms with Gasteiger partial charge in [0.25, 0.3) is 0 Å². The van der Waals surface area contributed by atoms with Crippen LogP contribution in [-0.4, -0.2) is 46.1 Å². The van der Waals surface area contributed by atoms with Gasteiger partial charge in [-0.15, -0.1) is 0 Å². The van der Waals surface area contributed by atoms with Crippen LogP contribution in [0.4, 0.5) is 0 Å². The summed E-state index contributed by atoms with van der Waals surface area (Å²) < 4.78 is 0. The number of hydrogen-bond donors (Lipinski definition) is 2. The normalized spacial score (nSPS) is 27.1. The van der Waals surface area contributed by atoms with Gasteiger partial charge >= 0.3 is 0 Å². The standard InChI is InChI=1S/C13H17N3O2/c17-10-6-12(15-7-10)13(18)16-5-3-11-9(8-16)2-1-4-14-11/h1-2,4,10,12,15,17H,3,5-8H2. The Kier molecular flexibility index (Phi) is 3.01. The van der Waals surface area contributed by atoms with Gasteiger partial charge in [0.05, 0.1) is 12.1 Å². The van der Waals surface area contributed by atoms with Crippen LogP contribution in [0.2, 0.25) is 0 Å². The van der Waals surface area contributed by atoms with Gasteiger partial charge in [0.2, 0.25) is 5.91 Å². The summed E-state index contributed by atoms with van der Waals surface area (Å²) in [6, 6.07) is 3.71. The van der Waals surface area contributed by atoms with Crippen LogP contribution in [0.5, 0.6) is 0 Å². The molecule has 2 N–H and O–H groups in total. The first-order valence-electron chi connectivity index (χ1n) is 6.37. The zero-order chi connectivity index (χ0) is 12.5. The van der Waals surface area contributed by atoms with Crippen LogP contribution in [0.1, 0.15) is 17.7 Å². The number of carbonyl (C=O) groups excluding carboxylic acids is 1. The van der Waals surface area contributed by atoms with E-state index < -0.39 is 6.10 Å². The van der Waals surface area contributed by atoms with E-state index in [4.69, 9.17) is 0 Å². The molecule has 1 fully saturated rings. The average Bonchev–Trinajstić information content (AvgIpc) is 2.84. The number of pyridine rings is 1. The first kappa shape index (κ1) is 11.6. The van der Waals surface area contributed by atoms with E-state index in [1.165, 1.54) is 0 Å². The average molecular weight is 247 g/mol. The molecule has 2 unspecified atom stereocenters. The van der Waals surface area contributed by atoms with Crippen molar-refractivity contribution in [3.05, 3.63) is 29.6 Å². The van der Waals surface area contributed by atoms with Crippen LogP contribution in [0.3, 0.4) is 0 Å². The molecule has 18 heavy (non-hydrogen) atoms. The lowest BCUT2D eigenvalue weighted by Gasteiger charge is -2.30. The molecule has 5 heteroatoms. The van der Waals surface area contributed by atoms with Gasteiger partial charge in [0.15, 0.2) is 0 Å². The van der Waals surface area contributed by atoms with Crippen LogP contribution < -0.4 is 5.32 Å². The predicted molar refractivity (Wildman–Crippen MR) is 65.8 cm³/mol. The molecule has 5 nitrogen and oxygen atoms in total. The molecule has 1 aromatic rings. The predicted octanol–water partition coefficient (Wildman–Crippen LogP) is -0.311. The topological polar surface area (TPSA) is 65.5 Å². The number of fused-ring (bicyclic) bond motifs is 1. The third-order valence-corrected chi connectivity index (χ3v) is 3.68. The van der Waals surface area contributed by atoms with Crippen molar-refractivity contribution < 1.29 is 9.90 Å². The molecule has 1 aromatic heterocycles. The highest BCUT2D eigenvalue weighted by Gasteiger charge is 2.32. The van der Waals surface area contributed by atoms with E-state index in [1.807, 2.05) is 17.0 Å². The molecule has 0 aliphatic carbocycles. The third-order valence-electron chi connectivity index (χ3n) is 3.68. The number of carbonyl (C=O) groups is 1. The van der Waals surface area contributed by atoms with Gasteiger partial charge < -0.3 is 15.3 Å². The molecular weight excluding hydrogens is 230 g/mol. The number of aliphatic hydroxyl groups excluding tert-OH is 1. The quantitative estimate of drug-likeness (QED) is 0.714. The number of aliphatic hydroxyl groups is 1. The summed E-state index contributed by atoms with van der Waals surface area (Å²) in [7, 11) is 0. The molecule has 0 aromatic carbocycles. The lowest BCUT2D eigenvalue weighted by atomic mass is 10.0. The number of nitrogens with one attached hydrogen (secondary N) is 1. The van der Waals surface area contributed by atoms with Crippen LogP contribution in [0.25, 0.3) is 0 Å². The van der Waals surface area contributed by atoms with Gasteiger partial charge in [-0.25, -0.2) is 0 Å². The van der Waals surface area contributed by atoms with Crippen LogP contribution >= 0.6 is 0 Å². The highest BCUT2D eigenvalue weighted by Crippen LogP contribution is 2.19. The number of hydrogen-bond acceptors (Lipinski definition) is 4. The van der Waals surface area contributed by atoms with Gasteiger partial charge in [-0.3, -0.25) is 9.78 Å². The zero-order valence-corrected chi connectivity index (χ0v) is 10.2. The zero-order valence-electron chi connectivity index (χ0n) is 10.2. The maximum Gasteiger partial charge on any atom is 0.240 e. The minimum atomic E-state index is -0.391. The molecule has 3 rings (SSSR count). The Bertz CT molecular complexity index is 463. The van der Waals surface area contributed by atoms with Crippen LogP contribution in [0.15, 0.2) is 18.3 Å². The molecule has 0 bridgehead atoms. The van der Waals surface area contributed by atoms with Crippen molar-refractivity contribution in [2.45, 2.75) is 31.5 Å². The fraction of sp³-hybridized carbons (Fsp3) is 0.538. The van der Waals surface area contributed by atoms with Crippen molar-refractivity contribution in [1.29, 1.82) is 0 Å². The molecular formula is C13H17N3O2. The number of aromatic nitrogens is 1. The monoisotopic (exact) mass is 247 g/mol. The van der Waals surface area contributed by atoms with Gasteiger partial charge in [0, 0.05) is 37.9 Å². The highest BCUT2D eigenvalue weighted by atomic mass is 16.3. The smallest absolute Gasteiger partial charge is 0.240 e. The second-order valence-electron chi connectivity index (χ2n) is 4.97. The van der Waals surface area contributed by atoms with Gasteiger partial charge in [-0.2, -0.15) is 0 Å². The van der Waals surface area contributed by atoms with Gasteiger partial charge in [-0.05, 0) is 18.1 Å². The fourth-order valence-corrected chi connectivity index (χ4v) is 2.68. The summed E-state index contributed by atoms with van der Waals surface area (Å²) >= 11 is 0. The Balaban J connectivity index is 1.70. The van der Waals surface area contributed by atoms with Gasteiger partial charge in [-0.1, -0.05) is 6.07 Å². The largest absolute Gasteiger partial charge is 0.392 e. The molecule has 3 heterocycles. The number of nitrogens with zero attached hydrogens (tertiary/aromatic N) is 2. The lowest BCUT2D eigenvalue weighted by Crippen LogP contribution is -2.45. The van der Waals surface area contributed by atoms with E-state index in [1.54, 1.807) is 6.20 Å². The Morgan fingerprint density at radius 2 is 2.44 bits per heavy atom. The van der Waals surface area contributed by atoms with Crippen molar-refractivity contribution in [3.8, 4) is 0 Å². The van der Waals surface area contributed by atoms with Gasteiger partial charge in [0.1, 0.15) is 0 Å². The van der Waals surface area contributed by atoms with E-state index in [0.717, 1.165) is 24.2 Å². The van der Waals surface area contributed by atoms with Crippen LogP contribution in [0, 0.1) is 0 Å². The summed E-state index contributed by atoms with van der Waals surface area (Å²) in [6.45, 7) is 1.87. The van der Waals surface area contributed by atoms with E-state index in [0.29, 0.717) is 19.5 Å². The Hall–Kier alpha value is -1.46. The first-order valence-corrected chi connectivity index (χ1v) is 6.37.